The predicted molar refractivity (Wildman–Crippen MR) is 54.0 cm³/mol. The van der Waals surface area contributed by atoms with E-state index in [1.165, 1.54) is 19.3 Å². The van der Waals surface area contributed by atoms with E-state index >= 15 is 0 Å². The molecule has 0 bridgehead atoms. The minimum Gasteiger partial charge on any atom is -0.450 e. The predicted octanol–water partition coefficient (Wildman–Crippen LogP) is 2.26. The van der Waals surface area contributed by atoms with Gasteiger partial charge in [-0.2, -0.15) is 0 Å². The SMILES string of the molecule is CCOC(=O)N1CCC2(CC(C)C2)C1. The van der Waals surface area contributed by atoms with E-state index in [0.717, 1.165) is 19.0 Å². The van der Waals surface area contributed by atoms with Gasteiger partial charge >= 0.3 is 6.09 Å². The lowest BCUT2D eigenvalue weighted by Gasteiger charge is -2.43. The lowest BCUT2D eigenvalue weighted by Crippen LogP contribution is -2.40. The maximum absolute atomic E-state index is 11.5. The van der Waals surface area contributed by atoms with Crippen LogP contribution in [0.3, 0.4) is 0 Å². The molecule has 1 saturated carbocycles. The summed E-state index contributed by atoms with van der Waals surface area (Å²) in [5.74, 6) is 0.858. The van der Waals surface area contributed by atoms with Crippen molar-refractivity contribution in [3.8, 4) is 0 Å². The molecule has 0 unspecified atom stereocenters. The minimum absolute atomic E-state index is 0.121. The van der Waals surface area contributed by atoms with Crippen molar-refractivity contribution in [1.29, 1.82) is 0 Å². The molecule has 0 atom stereocenters. The Labute approximate surface area is 85.4 Å². The van der Waals surface area contributed by atoms with Crippen molar-refractivity contribution in [2.24, 2.45) is 11.3 Å². The van der Waals surface area contributed by atoms with Crippen molar-refractivity contribution < 1.29 is 9.53 Å². The molecule has 0 N–H and O–H groups in total. The number of nitrogens with zero attached hydrogens (tertiary/aromatic N) is 1. The summed E-state index contributed by atoms with van der Waals surface area (Å²) in [6.45, 7) is 6.45. The highest BCUT2D eigenvalue weighted by atomic mass is 16.6. The monoisotopic (exact) mass is 197 g/mol. The van der Waals surface area contributed by atoms with Crippen molar-refractivity contribution in [1.82, 2.24) is 4.90 Å². The molecule has 14 heavy (non-hydrogen) atoms. The molecule has 3 nitrogen and oxygen atoms in total. The molecule has 1 heterocycles. The standard InChI is InChI=1S/C11H19NO2/c1-3-14-10(13)12-5-4-11(8-12)6-9(2)7-11/h9H,3-8H2,1-2H3. The zero-order valence-corrected chi connectivity index (χ0v) is 9.08. The van der Waals surface area contributed by atoms with Crippen LogP contribution in [0.2, 0.25) is 0 Å². The van der Waals surface area contributed by atoms with Gasteiger partial charge < -0.3 is 9.64 Å². The minimum atomic E-state index is -0.121. The van der Waals surface area contributed by atoms with Gasteiger partial charge in [0.25, 0.3) is 0 Å². The van der Waals surface area contributed by atoms with Gasteiger partial charge in [0.05, 0.1) is 6.61 Å². The zero-order valence-electron chi connectivity index (χ0n) is 9.08. The highest BCUT2D eigenvalue weighted by Gasteiger charge is 2.47. The van der Waals surface area contributed by atoms with Gasteiger partial charge in [0.1, 0.15) is 0 Å². The van der Waals surface area contributed by atoms with Crippen LogP contribution >= 0.6 is 0 Å². The summed E-state index contributed by atoms with van der Waals surface area (Å²) in [7, 11) is 0. The van der Waals surface area contributed by atoms with Gasteiger partial charge in [-0.1, -0.05) is 6.92 Å². The van der Waals surface area contributed by atoms with Gasteiger partial charge in [0.15, 0.2) is 0 Å². The van der Waals surface area contributed by atoms with Crippen molar-refractivity contribution in [2.75, 3.05) is 19.7 Å². The molecule has 1 aliphatic heterocycles. The summed E-state index contributed by atoms with van der Waals surface area (Å²) < 4.78 is 5.00. The van der Waals surface area contributed by atoms with Crippen LogP contribution in [0.5, 0.6) is 0 Å². The number of amides is 1. The fourth-order valence-corrected chi connectivity index (χ4v) is 3.06. The number of carbonyl (C=O) groups is 1. The zero-order chi connectivity index (χ0) is 10.2. The largest absolute Gasteiger partial charge is 0.450 e. The molecule has 1 spiro atoms. The second-order valence-electron chi connectivity index (χ2n) is 4.88. The smallest absolute Gasteiger partial charge is 0.409 e. The number of carbonyl (C=O) groups excluding carboxylic acids is 1. The lowest BCUT2D eigenvalue weighted by molar-refractivity contribution is 0.0661. The summed E-state index contributed by atoms with van der Waals surface area (Å²) in [6, 6.07) is 0. The molecular formula is C11H19NO2. The van der Waals surface area contributed by atoms with Gasteiger partial charge in [-0.3, -0.25) is 0 Å². The van der Waals surface area contributed by atoms with Crippen LogP contribution in [0.1, 0.15) is 33.1 Å². The van der Waals surface area contributed by atoms with Crippen LogP contribution in [-0.4, -0.2) is 30.7 Å². The average molecular weight is 197 g/mol. The number of hydrogen-bond donors (Lipinski definition) is 0. The average Bonchev–Trinajstić information content (AvgIpc) is 2.49. The van der Waals surface area contributed by atoms with E-state index in [2.05, 4.69) is 6.92 Å². The first-order valence-corrected chi connectivity index (χ1v) is 5.57. The quantitative estimate of drug-likeness (QED) is 0.645. The molecule has 0 aromatic carbocycles. The van der Waals surface area contributed by atoms with Crippen LogP contribution in [0.25, 0.3) is 0 Å². The Kier molecular flexibility index (Phi) is 2.41. The highest BCUT2D eigenvalue weighted by Crippen LogP contribution is 2.51. The first kappa shape index (κ1) is 9.81. The molecule has 0 aromatic heterocycles. The number of ether oxygens (including phenoxy) is 1. The van der Waals surface area contributed by atoms with E-state index in [4.69, 9.17) is 4.74 Å². The number of hydrogen-bond acceptors (Lipinski definition) is 2. The Balaban J connectivity index is 1.86. The molecule has 0 aromatic rings. The first-order valence-electron chi connectivity index (χ1n) is 5.57. The Morgan fingerprint density at radius 2 is 2.29 bits per heavy atom. The molecule has 2 aliphatic rings. The molecule has 1 amide bonds. The molecule has 1 saturated heterocycles. The third kappa shape index (κ3) is 1.60. The highest BCUT2D eigenvalue weighted by molar-refractivity contribution is 5.68. The van der Waals surface area contributed by atoms with Gasteiger partial charge in [-0.15, -0.1) is 0 Å². The second kappa shape index (κ2) is 3.44. The van der Waals surface area contributed by atoms with Crippen molar-refractivity contribution in [3.05, 3.63) is 0 Å². The van der Waals surface area contributed by atoms with Gasteiger partial charge in [0, 0.05) is 13.1 Å². The summed E-state index contributed by atoms with van der Waals surface area (Å²) in [5, 5.41) is 0. The Bertz CT molecular complexity index is 233. The molecule has 2 fully saturated rings. The molecular weight excluding hydrogens is 178 g/mol. The van der Waals surface area contributed by atoms with Crippen molar-refractivity contribution >= 4 is 6.09 Å². The van der Waals surface area contributed by atoms with Crippen LogP contribution in [0.15, 0.2) is 0 Å². The van der Waals surface area contributed by atoms with Gasteiger partial charge in [-0.25, -0.2) is 4.79 Å². The lowest BCUT2D eigenvalue weighted by atomic mass is 9.62. The number of rotatable bonds is 1. The first-order chi connectivity index (χ1) is 6.65. The molecule has 1 aliphatic carbocycles. The normalized spacial score (nSPS) is 35.9. The van der Waals surface area contributed by atoms with Crippen LogP contribution in [-0.2, 0) is 4.74 Å². The second-order valence-corrected chi connectivity index (χ2v) is 4.88. The third-order valence-corrected chi connectivity index (χ3v) is 3.53. The molecule has 2 rings (SSSR count). The molecule has 3 heteroatoms. The van der Waals surface area contributed by atoms with Crippen LogP contribution in [0.4, 0.5) is 4.79 Å². The topological polar surface area (TPSA) is 29.5 Å². The Hall–Kier alpha value is -0.730. The van der Waals surface area contributed by atoms with Gasteiger partial charge in [0.2, 0.25) is 0 Å². The van der Waals surface area contributed by atoms with E-state index in [0.29, 0.717) is 12.0 Å². The van der Waals surface area contributed by atoms with Crippen LogP contribution in [0, 0.1) is 11.3 Å². The van der Waals surface area contributed by atoms with Gasteiger partial charge in [-0.05, 0) is 37.5 Å². The summed E-state index contributed by atoms with van der Waals surface area (Å²) in [6.07, 6.45) is 3.64. The molecule has 0 radical (unpaired) electrons. The maximum atomic E-state index is 11.5. The maximum Gasteiger partial charge on any atom is 0.409 e. The molecule has 80 valence electrons. The Morgan fingerprint density at radius 1 is 1.57 bits per heavy atom. The van der Waals surface area contributed by atoms with E-state index in [1.54, 1.807) is 0 Å². The fraction of sp³-hybridized carbons (Fsp3) is 0.909. The summed E-state index contributed by atoms with van der Waals surface area (Å²) in [5.41, 5.74) is 0.464. The third-order valence-electron chi connectivity index (χ3n) is 3.53. The Morgan fingerprint density at radius 3 is 2.86 bits per heavy atom. The van der Waals surface area contributed by atoms with E-state index in [9.17, 15) is 4.79 Å². The number of likely N-dealkylation sites (tertiary alicyclic amines) is 1. The van der Waals surface area contributed by atoms with E-state index < -0.39 is 0 Å². The van der Waals surface area contributed by atoms with E-state index in [-0.39, 0.29) is 6.09 Å². The van der Waals surface area contributed by atoms with Crippen molar-refractivity contribution in [2.45, 2.75) is 33.1 Å². The van der Waals surface area contributed by atoms with E-state index in [1.807, 2.05) is 11.8 Å². The van der Waals surface area contributed by atoms with Crippen LogP contribution < -0.4 is 0 Å². The summed E-state index contributed by atoms with van der Waals surface area (Å²) in [4.78, 5) is 13.3. The summed E-state index contributed by atoms with van der Waals surface area (Å²) >= 11 is 0. The van der Waals surface area contributed by atoms with Crippen molar-refractivity contribution in [3.63, 3.8) is 0 Å². The fourth-order valence-electron chi connectivity index (χ4n) is 3.06.